The fraction of sp³-hybridized carbons (Fsp3) is 0.263. The lowest BCUT2D eigenvalue weighted by Gasteiger charge is -2.32. The summed E-state index contributed by atoms with van der Waals surface area (Å²) < 4.78 is 27.5. The van der Waals surface area contributed by atoms with Crippen LogP contribution in [-0.2, 0) is 14.8 Å². The first-order valence-corrected chi connectivity index (χ1v) is 10.1. The van der Waals surface area contributed by atoms with E-state index in [1.165, 1.54) is 24.3 Å². The lowest BCUT2D eigenvalue weighted by Crippen LogP contribution is -2.48. The largest absolute Gasteiger partial charge is 0.342 e. The molecule has 1 aliphatic rings. The number of rotatable bonds is 5. The van der Waals surface area contributed by atoms with Crippen LogP contribution in [0.3, 0.4) is 0 Å². The van der Waals surface area contributed by atoms with Gasteiger partial charge in [-0.25, -0.2) is 8.42 Å². The van der Waals surface area contributed by atoms with Gasteiger partial charge < -0.3 is 9.80 Å². The monoisotopic (exact) mass is 387 g/mol. The van der Waals surface area contributed by atoms with Crippen molar-refractivity contribution in [1.82, 2.24) is 9.80 Å². The van der Waals surface area contributed by atoms with Gasteiger partial charge in [-0.15, -0.1) is 0 Å². The van der Waals surface area contributed by atoms with Gasteiger partial charge >= 0.3 is 0 Å². The van der Waals surface area contributed by atoms with Crippen molar-refractivity contribution in [3.8, 4) is 0 Å². The van der Waals surface area contributed by atoms with E-state index < -0.39 is 10.0 Å². The number of aryl methyl sites for hydroxylation is 1. The second-order valence-electron chi connectivity index (χ2n) is 6.43. The van der Waals surface area contributed by atoms with Gasteiger partial charge in [0.25, 0.3) is 15.9 Å². The number of carbonyl (C=O) groups is 2. The summed E-state index contributed by atoms with van der Waals surface area (Å²) in [6.07, 6.45) is 0.780. The second kappa shape index (κ2) is 7.79. The van der Waals surface area contributed by atoms with Crippen molar-refractivity contribution >= 4 is 28.0 Å². The number of benzene rings is 2. The molecule has 0 atom stereocenters. The molecule has 0 bridgehead atoms. The van der Waals surface area contributed by atoms with Crippen molar-refractivity contribution in [3.05, 3.63) is 59.7 Å². The van der Waals surface area contributed by atoms with Gasteiger partial charge in [-0.2, -0.15) is 0 Å². The summed E-state index contributed by atoms with van der Waals surface area (Å²) in [5, 5.41) is 0. The fourth-order valence-electron chi connectivity index (χ4n) is 2.83. The number of hydrogen-bond acceptors (Lipinski definition) is 4. The molecule has 2 aromatic rings. The van der Waals surface area contributed by atoms with Crippen LogP contribution in [0.4, 0.5) is 5.69 Å². The lowest BCUT2D eigenvalue weighted by molar-refractivity contribution is -0.119. The predicted octanol–water partition coefficient (Wildman–Crippen LogP) is 1.71. The van der Waals surface area contributed by atoms with Crippen LogP contribution in [-0.4, -0.2) is 56.7 Å². The third kappa shape index (κ3) is 4.46. The van der Waals surface area contributed by atoms with Gasteiger partial charge in [0.05, 0.1) is 4.90 Å². The Morgan fingerprint density at radius 2 is 1.56 bits per heavy atom. The van der Waals surface area contributed by atoms with E-state index in [2.05, 4.69) is 4.72 Å². The predicted molar refractivity (Wildman–Crippen MR) is 102 cm³/mol. The average Bonchev–Trinajstić information content (AvgIpc) is 2.69. The maximum absolute atomic E-state index is 12.5. The van der Waals surface area contributed by atoms with Crippen molar-refractivity contribution in [1.29, 1.82) is 0 Å². The van der Waals surface area contributed by atoms with E-state index in [-0.39, 0.29) is 10.8 Å². The van der Waals surface area contributed by atoms with E-state index in [4.69, 9.17) is 0 Å². The zero-order chi connectivity index (χ0) is 19.4. The normalized spacial score (nSPS) is 14.7. The summed E-state index contributed by atoms with van der Waals surface area (Å²) in [6, 6.07) is 12.9. The van der Waals surface area contributed by atoms with Gasteiger partial charge in [-0.1, -0.05) is 17.7 Å². The van der Waals surface area contributed by atoms with Crippen LogP contribution in [0.2, 0.25) is 0 Å². The maximum atomic E-state index is 12.5. The summed E-state index contributed by atoms with van der Waals surface area (Å²) in [6.45, 7) is 3.86. The SMILES string of the molecule is Cc1ccc(NS(=O)(=O)c2ccc(C(=O)N3CCN(C=O)CC3)cc2)cc1. The van der Waals surface area contributed by atoms with Gasteiger partial charge in [0.15, 0.2) is 0 Å². The van der Waals surface area contributed by atoms with Crippen molar-refractivity contribution in [2.75, 3.05) is 30.9 Å². The second-order valence-corrected chi connectivity index (χ2v) is 8.11. The quantitative estimate of drug-likeness (QED) is 0.792. The highest BCUT2D eigenvalue weighted by Gasteiger charge is 2.22. The van der Waals surface area contributed by atoms with E-state index in [0.717, 1.165) is 12.0 Å². The van der Waals surface area contributed by atoms with Crippen LogP contribution >= 0.6 is 0 Å². The molecule has 142 valence electrons. The fourth-order valence-corrected chi connectivity index (χ4v) is 3.88. The van der Waals surface area contributed by atoms with E-state index in [9.17, 15) is 18.0 Å². The first-order chi connectivity index (χ1) is 12.9. The van der Waals surface area contributed by atoms with Crippen LogP contribution < -0.4 is 4.72 Å². The minimum absolute atomic E-state index is 0.0883. The molecule has 0 unspecified atom stereocenters. The summed E-state index contributed by atoms with van der Waals surface area (Å²) >= 11 is 0. The topological polar surface area (TPSA) is 86.8 Å². The van der Waals surface area contributed by atoms with Crippen LogP contribution in [0.5, 0.6) is 0 Å². The van der Waals surface area contributed by atoms with Crippen molar-refractivity contribution in [2.45, 2.75) is 11.8 Å². The van der Waals surface area contributed by atoms with Gasteiger partial charge in [0.2, 0.25) is 6.41 Å². The lowest BCUT2D eigenvalue weighted by atomic mass is 10.2. The zero-order valence-corrected chi connectivity index (χ0v) is 15.8. The standard InChI is InChI=1S/C19H21N3O4S/c1-15-2-6-17(7-3-15)20-27(25,26)18-8-4-16(5-9-18)19(24)22-12-10-21(14-23)11-13-22/h2-9,14,20H,10-13H2,1H3. The Balaban J connectivity index is 1.69. The average molecular weight is 387 g/mol. The molecule has 1 fully saturated rings. The minimum atomic E-state index is -3.72. The number of carbonyl (C=O) groups excluding carboxylic acids is 2. The molecule has 1 saturated heterocycles. The van der Waals surface area contributed by atoms with Crippen LogP contribution in [0.1, 0.15) is 15.9 Å². The Bertz CT molecular complexity index is 916. The van der Waals surface area contributed by atoms with E-state index in [1.807, 2.05) is 19.1 Å². The van der Waals surface area contributed by atoms with Crippen LogP contribution in [0.15, 0.2) is 53.4 Å². The molecular formula is C19H21N3O4S. The van der Waals surface area contributed by atoms with Crippen molar-refractivity contribution < 1.29 is 18.0 Å². The number of nitrogens with one attached hydrogen (secondary N) is 1. The molecule has 2 aromatic carbocycles. The molecule has 2 amide bonds. The molecular weight excluding hydrogens is 366 g/mol. The summed E-state index contributed by atoms with van der Waals surface area (Å²) in [5.74, 6) is -0.170. The molecule has 1 heterocycles. The molecule has 8 heteroatoms. The number of amides is 2. The number of anilines is 1. The first kappa shape index (κ1) is 18.9. The molecule has 1 N–H and O–H groups in total. The van der Waals surface area contributed by atoms with Crippen molar-refractivity contribution in [3.63, 3.8) is 0 Å². The molecule has 0 aromatic heterocycles. The highest BCUT2D eigenvalue weighted by Crippen LogP contribution is 2.18. The maximum Gasteiger partial charge on any atom is 0.261 e. The van der Waals surface area contributed by atoms with Crippen molar-refractivity contribution in [2.24, 2.45) is 0 Å². The van der Waals surface area contributed by atoms with Gasteiger partial charge in [-0.05, 0) is 43.3 Å². The molecule has 1 aliphatic heterocycles. The summed E-state index contributed by atoms with van der Waals surface area (Å²) in [5.41, 5.74) is 1.94. The minimum Gasteiger partial charge on any atom is -0.342 e. The Morgan fingerprint density at radius 3 is 2.11 bits per heavy atom. The third-order valence-corrected chi connectivity index (χ3v) is 5.86. The Labute approximate surface area is 158 Å². The van der Waals surface area contributed by atoms with Crippen LogP contribution in [0.25, 0.3) is 0 Å². The Morgan fingerprint density at radius 1 is 0.963 bits per heavy atom. The van der Waals surface area contributed by atoms with Gasteiger partial charge in [0.1, 0.15) is 0 Å². The summed E-state index contributed by atoms with van der Waals surface area (Å²) in [4.78, 5) is 26.6. The van der Waals surface area contributed by atoms with E-state index in [1.54, 1.807) is 21.9 Å². The number of sulfonamides is 1. The van der Waals surface area contributed by atoms with Gasteiger partial charge in [0, 0.05) is 37.4 Å². The first-order valence-electron chi connectivity index (χ1n) is 8.57. The Hall–Kier alpha value is -2.87. The summed E-state index contributed by atoms with van der Waals surface area (Å²) in [7, 11) is -3.72. The van der Waals surface area contributed by atoms with Gasteiger partial charge in [-0.3, -0.25) is 14.3 Å². The Kier molecular flexibility index (Phi) is 5.46. The molecule has 27 heavy (non-hydrogen) atoms. The molecule has 0 saturated carbocycles. The molecule has 0 aliphatic carbocycles. The van der Waals surface area contributed by atoms with E-state index in [0.29, 0.717) is 37.4 Å². The molecule has 7 nitrogen and oxygen atoms in total. The smallest absolute Gasteiger partial charge is 0.261 e. The molecule has 3 rings (SSSR count). The van der Waals surface area contributed by atoms with E-state index >= 15 is 0 Å². The molecule has 0 spiro atoms. The zero-order valence-electron chi connectivity index (χ0n) is 15.0. The molecule has 0 radical (unpaired) electrons. The number of hydrogen-bond donors (Lipinski definition) is 1. The number of nitrogens with zero attached hydrogens (tertiary/aromatic N) is 2. The third-order valence-electron chi connectivity index (χ3n) is 4.47. The highest BCUT2D eigenvalue weighted by molar-refractivity contribution is 7.92. The number of piperazine rings is 1. The van der Waals surface area contributed by atoms with Crippen LogP contribution in [0, 0.1) is 6.92 Å². The highest BCUT2D eigenvalue weighted by atomic mass is 32.2.